The molecule has 0 spiro atoms. The van der Waals surface area contributed by atoms with Crippen molar-refractivity contribution in [3.8, 4) is 22.0 Å². The first-order chi connectivity index (χ1) is 14.7. The number of rotatable bonds is 6. The van der Waals surface area contributed by atoms with Crippen LogP contribution in [-0.4, -0.2) is 19.7 Å². The zero-order valence-electron chi connectivity index (χ0n) is 16.7. The molecule has 3 aromatic heterocycles. The van der Waals surface area contributed by atoms with Crippen molar-refractivity contribution >= 4 is 44.5 Å². The van der Waals surface area contributed by atoms with E-state index in [1.807, 2.05) is 0 Å². The number of hydrogen-bond donors (Lipinski definition) is 0. The van der Waals surface area contributed by atoms with Crippen molar-refractivity contribution in [2.24, 2.45) is 0 Å². The van der Waals surface area contributed by atoms with Crippen LogP contribution in [0.25, 0.3) is 32.0 Å². The van der Waals surface area contributed by atoms with Crippen LogP contribution in [0.5, 0.6) is 0 Å². The van der Waals surface area contributed by atoms with Crippen LogP contribution < -0.4 is 0 Å². The number of aromatic nitrogens is 4. The van der Waals surface area contributed by atoms with Crippen molar-refractivity contribution in [2.45, 2.75) is 31.3 Å². The zero-order chi connectivity index (χ0) is 20.5. The van der Waals surface area contributed by atoms with E-state index < -0.39 is 0 Å². The van der Waals surface area contributed by atoms with E-state index in [1.165, 1.54) is 21.2 Å². The second kappa shape index (κ2) is 8.34. The Hall–Kier alpha value is -2.48. The molecular formula is C23H20N4S3. The van der Waals surface area contributed by atoms with Gasteiger partial charge in [-0.25, -0.2) is 4.98 Å². The molecule has 2 aromatic carbocycles. The zero-order valence-corrected chi connectivity index (χ0v) is 19.2. The SMILES string of the molecule is CCn1c(SCc2csc(-c3ccccc3C)n2)nnc1-c1csc2ccccc12. The highest BCUT2D eigenvalue weighted by molar-refractivity contribution is 7.98. The number of fused-ring (bicyclic) bond motifs is 1. The Labute approximate surface area is 187 Å². The number of thiophene rings is 1. The second-order valence-corrected chi connectivity index (χ2v) is 9.66. The summed E-state index contributed by atoms with van der Waals surface area (Å²) < 4.78 is 3.48. The van der Waals surface area contributed by atoms with Crippen LogP contribution in [-0.2, 0) is 12.3 Å². The Bertz CT molecular complexity index is 1320. The van der Waals surface area contributed by atoms with Gasteiger partial charge in [0.1, 0.15) is 5.01 Å². The van der Waals surface area contributed by atoms with E-state index in [9.17, 15) is 0 Å². The largest absolute Gasteiger partial charge is 0.302 e. The summed E-state index contributed by atoms with van der Waals surface area (Å²) >= 11 is 5.15. The molecule has 5 aromatic rings. The summed E-state index contributed by atoms with van der Waals surface area (Å²) in [6.45, 7) is 5.11. The first-order valence-corrected chi connectivity index (χ1v) is 12.5. The third kappa shape index (κ3) is 3.57. The minimum atomic E-state index is 0.783. The predicted octanol–water partition coefficient (Wildman–Crippen LogP) is 6.90. The topological polar surface area (TPSA) is 43.6 Å². The Kier molecular flexibility index (Phi) is 5.41. The molecule has 4 nitrogen and oxygen atoms in total. The second-order valence-electron chi connectivity index (χ2n) is 6.94. The van der Waals surface area contributed by atoms with E-state index in [-0.39, 0.29) is 0 Å². The summed E-state index contributed by atoms with van der Waals surface area (Å²) in [5.41, 5.74) is 4.70. The highest BCUT2D eigenvalue weighted by Gasteiger charge is 2.17. The summed E-state index contributed by atoms with van der Waals surface area (Å²) in [6, 6.07) is 16.9. The Morgan fingerprint density at radius 3 is 2.63 bits per heavy atom. The number of benzene rings is 2. The van der Waals surface area contributed by atoms with Gasteiger partial charge >= 0.3 is 0 Å². The molecule has 7 heteroatoms. The molecule has 150 valence electrons. The van der Waals surface area contributed by atoms with E-state index >= 15 is 0 Å². The maximum absolute atomic E-state index is 4.85. The first kappa shape index (κ1) is 19.5. The van der Waals surface area contributed by atoms with Crippen LogP contribution in [0, 0.1) is 6.92 Å². The molecule has 0 fully saturated rings. The molecule has 0 saturated carbocycles. The van der Waals surface area contributed by atoms with E-state index in [0.29, 0.717) is 0 Å². The highest BCUT2D eigenvalue weighted by atomic mass is 32.2. The number of thioether (sulfide) groups is 1. The fraction of sp³-hybridized carbons (Fsp3) is 0.174. The predicted molar refractivity (Wildman–Crippen MR) is 128 cm³/mol. The van der Waals surface area contributed by atoms with Gasteiger partial charge in [0.25, 0.3) is 0 Å². The van der Waals surface area contributed by atoms with Crippen molar-refractivity contribution in [3.05, 3.63) is 70.5 Å². The maximum atomic E-state index is 4.85. The van der Waals surface area contributed by atoms with Gasteiger partial charge in [-0.05, 0) is 25.5 Å². The molecular weight excluding hydrogens is 428 g/mol. The molecule has 0 aliphatic carbocycles. The van der Waals surface area contributed by atoms with Gasteiger partial charge < -0.3 is 4.57 Å². The molecule has 0 atom stereocenters. The van der Waals surface area contributed by atoms with Crippen molar-refractivity contribution in [2.75, 3.05) is 0 Å². The van der Waals surface area contributed by atoms with Crippen molar-refractivity contribution < 1.29 is 0 Å². The van der Waals surface area contributed by atoms with E-state index in [2.05, 4.69) is 87.9 Å². The fourth-order valence-corrected chi connectivity index (χ4v) is 6.33. The van der Waals surface area contributed by atoms with Crippen molar-refractivity contribution in [1.82, 2.24) is 19.7 Å². The number of hydrogen-bond acceptors (Lipinski definition) is 6. The van der Waals surface area contributed by atoms with Gasteiger partial charge in [-0.3, -0.25) is 0 Å². The van der Waals surface area contributed by atoms with Gasteiger partial charge in [-0.15, -0.1) is 32.9 Å². The van der Waals surface area contributed by atoms with Gasteiger partial charge in [0.05, 0.1) is 5.69 Å². The molecule has 0 unspecified atom stereocenters. The van der Waals surface area contributed by atoms with Crippen LogP contribution in [0.1, 0.15) is 18.2 Å². The molecule has 0 amide bonds. The smallest absolute Gasteiger partial charge is 0.191 e. The van der Waals surface area contributed by atoms with Crippen LogP contribution in [0.15, 0.2) is 64.4 Å². The van der Waals surface area contributed by atoms with Gasteiger partial charge in [0.15, 0.2) is 11.0 Å². The van der Waals surface area contributed by atoms with Crippen molar-refractivity contribution in [3.63, 3.8) is 0 Å². The van der Waals surface area contributed by atoms with Crippen LogP contribution in [0.4, 0.5) is 0 Å². The lowest BCUT2D eigenvalue weighted by Crippen LogP contribution is -1.99. The minimum absolute atomic E-state index is 0.783. The molecule has 5 rings (SSSR count). The lowest BCUT2D eigenvalue weighted by atomic mass is 10.1. The molecule has 30 heavy (non-hydrogen) atoms. The highest BCUT2D eigenvalue weighted by Crippen LogP contribution is 2.35. The summed E-state index contributed by atoms with van der Waals surface area (Å²) in [6.07, 6.45) is 0. The lowest BCUT2D eigenvalue weighted by molar-refractivity contribution is 0.687. The van der Waals surface area contributed by atoms with E-state index in [4.69, 9.17) is 4.98 Å². The normalized spacial score (nSPS) is 11.4. The summed E-state index contributed by atoms with van der Waals surface area (Å²) in [5.74, 6) is 1.72. The Balaban J connectivity index is 1.38. The van der Waals surface area contributed by atoms with E-state index in [1.54, 1.807) is 34.4 Å². The molecule has 3 heterocycles. The fourth-order valence-electron chi connectivity index (χ4n) is 3.48. The van der Waals surface area contributed by atoms with Crippen molar-refractivity contribution in [1.29, 1.82) is 0 Å². The van der Waals surface area contributed by atoms with Crippen LogP contribution >= 0.6 is 34.4 Å². The molecule has 0 aliphatic rings. The van der Waals surface area contributed by atoms with Gasteiger partial charge in [0.2, 0.25) is 0 Å². The Morgan fingerprint density at radius 2 is 1.77 bits per heavy atom. The van der Waals surface area contributed by atoms with Gasteiger partial charge in [0, 0.05) is 44.3 Å². The first-order valence-electron chi connectivity index (χ1n) is 9.77. The third-order valence-corrected chi connectivity index (χ3v) is 7.92. The quantitative estimate of drug-likeness (QED) is 0.265. The lowest BCUT2D eigenvalue weighted by Gasteiger charge is -2.06. The average molecular weight is 449 g/mol. The van der Waals surface area contributed by atoms with Crippen LogP contribution in [0.3, 0.4) is 0 Å². The van der Waals surface area contributed by atoms with Gasteiger partial charge in [-0.2, -0.15) is 0 Å². The summed E-state index contributed by atoms with van der Waals surface area (Å²) in [5, 5.41) is 16.6. The third-order valence-electron chi connectivity index (χ3n) is 5.03. The van der Waals surface area contributed by atoms with E-state index in [0.717, 1.165) is 39.5 Å². The molecule has 0 bridgehead atoms. The minimum Gasteiger partial charge on any atom is -0.302 e. The number of thiazole rings is 1. The standard InChI is InChI=1S/C23H20N4S3/c1-3-27-21(19-14-28-20-11-7-6-10-18(19)20)25-26-23(27)30-13-16-12-29-22(24-16)17-9-5-4-8-15(17)2/h4-12,14H,3,13H2,1-2H3. The Morgan fingerprint density at radius 1 is 0.933 bits per heavy atom. The number of nitrogens with zero attached hydrogens (tertiary/aromatic N) is 4. The number of aryl methyl sites for hydroxylation is 1. The molecule has 0 saturated heterocycles. The summed E-state index contributed by atoms with van der Waals surface area (Å²) in [7, 11) is 0. The van der Waals surface area contributed by atoms with Gasteiger partial charge in [-0.1, -0.05) is 54.2 Å². The molecule has 0 aliphatic heterocycles. The average Bonchev–Trinajstić information content (AvgIpc) is 3.50. The molecule has 0 N–H and O–H groups in total. The maximum Gasteiger partial charge on any atom is 0.191 e. The summed E-state index contributed by atoms with van der Waals surface area (Å²) in [4.78, 5) is 4.85. The monoisotopic (exact) mass is 448 g/mol. The molecule has 0 radical (unpaired) electrons. The van der Waals surface area contributed by atoms with Crippen LogP contribution in [0.2, 0.25) is 0 Å².